The van der Waals surface area contributed by atoms with Crippen LogP contribution in [0.4, 0.5) is 0 Å². The van der Waals surface area contributed by atoms with Gasteiger partial charge in [-0.1, -0.05) is 75.1 Å². The maximum atomic E-state index is 12.8. The molecule has 1 heterocycles. The summed E-state index contributed by atoms with van der Waals surface area (Å²) in [4.78, 5) is 26.2. The number of hydrogen-bond acceptors (Lipinski definition) is 6. The van der Waals surface area contributed by atoms with Crippen molar-refractivity contribution in [1.29, 1.82) is 0 Å². The lowest BCUT2D eigenvalue weighted by atomic mass is 10.1. The number of benzene rings is 1. The van der Waals surface area contributed by atoms with Gasteiger partial charge in [0.25, 0.3) is 5.91 Å². The minimum atomic E-state index is -1.03. The summed E-state index contributed by atoms with van der Waals surface area (Å²) in [5.74, 6) is 0.0828. The van der Waals surface area contributed by atoms with Gasteiger partial charge in [-0.25, -0.2) is 4.79 Å². The first kappa shape index (κ1) is 25.7. The Morgan fingerprint density at radius 1 is 1.23 bits per heavy atom. The van der Waals surface area contributed by atoms with E-state index < -0.39 is 12.0 Å². The molecule has 0 aromatic heterocycles. The van der Waals surface area contributed by atoms with Crippen LogP contribution in [-0.2, 0) is 9.59 Å². The van der Waals surface area contributed by atoms with Gasteiger partial charge in [0, 0.05) is 0 Å². The van der Waals surface area contributed by atoms with E-state index in [4.69, 9.17) is 17.0 Å². The van der Waals surface area contributed by atoms with E-state index in [0.717, 1.165) is 29.5 Å². The molecule has 0 bridgehead atoms. The van der Waals surface area contributed by atoms with Crippen LogP contribution < -0.4 is 4.74 Å². The van der Waals surface area contributed by atoms with Gasteiger partial charge in [0.05, 0.1) is 11.5 Å². The lowest BCUT2D eigenvalue weighted by molar-refractivity contribution is -0.145. The number of thioether (sulfide) groups is 2. The third-order valence-electron chi connectivity index (χ3n) is 4.96. The summed E-state index contributed by atoms with van der Waals surface area (Å²) < 4.78 is 6.09. The highest BCUT2D eigenvalue weighted by Gasteiger charge is 2.40. The van der Waals surface area contributed by atoms with E-state index >= 15 is 0 Å². The fourth-order valence-electron chi connectivity index (χ4n) is 3.23. The zero-order valence-corrected chi connectivity index (χ0v) is 20.6. The van der Waals surface area contributed by atoms with E-state index in [1.54, 1.807) is 17.8 Å². The summed E-state index contributed by atoms with van der Waals surface area (Å²) in [5, 5.41) is 9.54. The first-order chi connectivity index (χ1) is 15.0. The van der Waals surface area contributed by atoms with Gasteiger partial charge in [-0.3, -0.25) is 9.69 Å². The van der Waals surface area contributed by atoms with Gasteiger partial charge in [-0.05, 0) is 48.6 Å². The summed E-state index contributed by atoms with van der Waals surface area (Å²) in [7, 11) is 0. The standard InChI is InChI=1S/C23H31NO4S3/c1-3-4-5-6-7-8-14-28-18-11-9-17(10-12-18)16-20-21(25)24(23(29)31-20)19(22(26)27)13-15-30-2/h9-12,16,19H,3-8,13-15H2,1-2H3,(H,26,27)/b20-16-/t19-/m1/s1. The Balaban J connectivity index is 1.92. The van der Waals surface area contributed by atoms with Crippen molar-refractivity contribution in [3.05, 3.63) is 34.7 Å². The molecule has 1 atom stereocenters. The summed E-state index contributed by atoms with van der Waals surface area (Å²) in [6, 6.07) is 6.64. The minimum absolute atomic E-state index is 0.295. The van der Waals surface area contributed by atoms with Gasteiger partial charge in [0.15, 0.2) is 0 Å². The normalized spacial score (nSPS) is 16.2. The second kappa shape index (κ2) is 13.8. The molecular weight excluding hydrogens is 450 g/mol. The van der Waals surface area contributed by atoms with Crippen LogP contribution in [0.3, 0.4) is 0 Å². The first-order valence-corrected chi connectivity index (χ1v) is 13.3. The second-order valence-electron chi connectivity index (χ2n) is 7.37. The van der Waals surface area contributed by atoms with Gasteiger partial charge in [0.2, 0.25) is 0 Å². The molecule has 0 spiro atoms. The highest BCUT2D eigenvalue weighted by Crippen LogP contribution is 2.35. The molecule has 1 fully saturated rings. The molecule has 1 saturated heterocycles. The van der Waals surface area contributed by atoms with E-state index in [1.165, 1.54) is 37.0 Å². The molecule has 1 aromatic rings. The molecule has 0 aliphatic carbocycles. The van der Waals surface area contributed by atoms with Crippen LogP contribution in [0, 0.1) is 0 Å². The van der Waals surface area contributed by atoms with Crippen molar-refractivity contribution in [2.75, 3.05) is 18.6 Å². The summed E-state index contributed by atoms with van der Waals surface area (Å²) in [6.45, 7) is 2.92. The number of aliphatic carboxylic acids is 1. The minimum Gasteiger partial charge on any atom is -0.494 e. The number of thiocarbonyl (C=S) groups is 1. The molecule has 2 rings (SSSR count). The number of ether oxygens (including phenoxy) is 1. The molecule has 1 amide bonds. The molecule has 0 unspecified atom stereocenters. The number of carbonyl (C=O) groups excluding carboxylic acids is 1. The Morgan fingerprint density at radius 2 is 1.90 bits per heavy atom. The molecule has 0 radical (unpaired) electrons. The summed E-state index contributed by atoms with van der Waals surface area (Å²) in [5.41, 5.74) is 0.850. The topological polar surface area (TPSA) is 66.8 Å². The number of carboxylic acid groups (broad SMARTS) is 1. The predicted octanol–water partition coefficient (Wildman–Crippen LogP) is 5.83. The Hall–Kier alpha value is -1.51. The van der Waals surface area contributed by atoms with Gasteiger partial charge < -0.3 is 9.84 Å². The van der Waals surface area contributed by atoms with Crippen LogP contribution in [0.5, 0.6) is 5.75 Å². The zero-order valence-electron chi connectivity index (χ0n) is 18.2. The smallest absolute Gasteiger partial charge is 0.326 e. The van der Waals surface area contributed by atoms with Crippen molar-refractivity contribution >= 4 is 58.0 Å². The number of carbonyl (C=O) groups is 2. The maximum Gasteiger partial charge on any atom is 0.326 e. The Bertz CT molecular complexity index is 780. The zero-order chi connectivity index (χ0) is 22.6. The summed E-state index contributed by atoms with van der Waals surface area (Å²) >= 11 is 8.01. The Kier molecular flexibility index (Phi) is 11.5. The van der Waals surface area contributed by atoms with E-state index in [1.807, 2.05) is 30.5 Å². The summed E-state index contributed by atoms with van der Waals surface area (Å²) in [6.07, 6.45) is 11.4. The van der Waals surface area contributed by atoms with Crippen LogP contribution >= 0.6 is 35.7 Å². The second-order valence-corrected chi connectivity index (χ2v) is 10.0. The molecule has 170 valence electrons. The number of carboxylic acids is 1. The third kappa shape index (κ3) is 8.16. The van der Waals surface area contributed by atoms with Crippen molar-refractivity contribution in [2.24, 2.45) is 0 Å². The van der Waals surface area contributed by atoms with Crippen LogP contribution in [0.2, 0.25) is 0 Å². The Labute approximate surface area is 199 Å². The molecular formula is C23H31NO4S3. The van der Waals surface area contributed by atoms with Crippen molar-refractivity contribution in [2.45, 2.75) is 57.9 Å². The van der Waals surface area contributed by atoms with Crippen molar-refractivity contribution < 1.29 is 19.4 Å². The number of rotatable bonds is 14. The molecule has 1 aliphatic rings. The number of nitrogens with zero attached hydrogens (tertiary/aromatic N) is 1. The van der Waals surface area contributed by atoms with E-state index in [9.17, 15) is 14.7 Å². The van der Waals surface area contributed by atoms with Gasteiger partial charge in [-0.15, -0.1) is 0 Å². The molecule has 1 aliphatic heterocycles. The molecule has 8 heteroatoms. The first-order valence-electron chi connectivity index (χ1n) is 10.7. The number of hydrogen-bond donors (Lipinski definition) is 1. The van der Waals surface area contributed by atoms with E-state index in [-0.39, 0.29) is 5.91 Å². The van der Waals surface area contributed by atoms with Gasteiger partial charge in [0.1, 0.15) is 16.1 Å². The lowest BCUT2D eigenvalue weighted by Crippen LogP contribution is -2.44. The quantitative estimate of drug-likeness (QED) is 0.204. The molecule has 1 N–H and O–H groups in total. The van der Waals surface area contributed by atoms with Crippen LogP contribution in [0.15, 0.2) is 29.2 Å². The number of unbranched alkanes of at least 4 members (excludes halogenated alkanes) is 5. The van der Waals surface area contributed by atoms with Crippen LogP contribution in [0.25, 0.3) is 6.08 Å². The van der Waals surface area contributed by atoms with Crippen molar-refractivity contribution in [3.8, 4) is 5.75 Å². The average Bonchev–Trinajstić information content (AvgIpc) is 3.02. The lowest BCUT2D eigenvalue weighted by Gasteiger charge is -2.22. The van der Waals surface area contributed by atoms with Gasteiger partial charge in [-0.2, -0.15) is 11.8 Å². The highest BCUT2D eigenvalue weighted by molar-refractivity contribution is 8.26. The van der Waals surface area contributed by atoms with Crippen molar-refractivity contribution in [1.82, 2.24) is 4.90 Å². The largest absolute Gasteiger partial charge is 0.494 e. The fraction of sp³-hybridized carbons (Fsp3) is 0.522. The highest BCUT2D eigenvalue weighted by atomic mass is 32.2. The van der Waals surface area contributed by atoms with Crippen molar-refractivity contribution in [3.63, 3.8) is 0 Å². The molecule has 0 saturated carbocycles. The van der Waals surface area contributed by atoms with Crippen LogP contribution in [-0.4, -0.2) is 50.9 Å². The SMILES string of the molecule is CCCCCCCCOc1ccc(/C=C2\SC(=S)N([C@H](CCSC)C(=O)O)C2=O)cc1. The molecule has 1 aromatic carbocycles. The fourth-order valence-corrected chi connectivity index (χ4v) is 5.04. The monoisotopic (exact) mass is 481 g/mol. The molecule has 31 heavy (non-hydrogen) atoms. The number of amides is 1. The van der Waals surface area contributed by atoms with Crippen LogP contribution in [0.1, 0.15) is 57.4 Å². The Morgan fingerprint density at radius 3 is 2.55 bits per heavy atom. The maximum absolute atomic E-state index is 12.8. The third-order valence-corrected chi connectivity index (χ3v) is 6.93. The predicted molar refractivity (Wildman–Crippen MR) is 135 cm³/mol. The van der Waals surface area contributed by atoms with E-state index in [2.05, 4.69) is 6.92 Å². The van der Waals surface area contributed by atoms with Gasteiger partial charge >= 0.3 is 5.97 Å². The molecule has 5 nitrogen and oxygen atoms in total. The van der Waals surface area contributed by atoms with E-state index in [0.29, 0.717) is 28.0 Å². The average molecular weight is 482 g/mol.